The van der Waals surface area contributed by atoms with Crippen molar-refractivity contribution in [2.75, 3.05) is 0 Å². The highest BCUT2D eigenvalue weighted by Gasteiger charge is 2.17. The molecule has 1 nitrogen and oxygen atoms in total. The van der Waals surface area contributed by atoms with Crippen molar-refractivity contribution in [1.82, 2.24) is 0 Å². The molecular formula is C14H16F2O. The van der Waals surface area contributed by atoms with Gasteiger partial charge in [-0.05, 0) is 42.9 Å². The van der Waals surface area contributed by atoms with E-state index in [1.165, 1.54) is 12.1 Å². The van der Waals surface area contributed by atoms with Crippen LogP contribution in [0.25, 0.3) is 0 Å². The number of aliphatic hydroxyl groups excluding tert-OH is 1. The Labute approximate surface area is 99.8 Å². The minimum Gasteiger partial charge on any atom is -0.388 e. The molecule has 1 unspecified atom stereocenters. The molecule has 0 heterocycles. The summed E-state index contributed by atoms with van der Waals surface area (Å²) in [5.74, 6) is -1.70. The van der Waals surface area contributed by atoms with Gasteiger partial charge in [-0.1, -0.05) is 18.2 Å². The largest absolute Gasteiger partial charge is 0.388 e. The molecule has 1 aromatic rings. The van der Waals surface area contributed by atoms with Crippen LogP contribution in [-0.4, -0.2) is 11.2 Å². The zero-order valence-electron chi connectivity index (χ0n) is 9.63. The molecule has 2 rings (SSSR count). The van der Waals surface area contributed by atoms with Crippen molar-refractivity contribution >= 4 is 0 Å². The van der Waals surface area contributed by atoms with E-state index in [-0.39, 0.29) is 12.0 Å². The maximum atomic E-state index is 13.4. The van der Waals surface area contributed by atoms with Crippen LogP contribution in [0.2, 0.25) is 0 Å². The van der Waals surface area contributed by atoms with Crippen molar-refractivity contribution in [1.29, 1.82) is 0 Å². The lowest BCUT2D eigenvalue weighted by molar-refractivity contribution is 0.202. The van der Waals surface area contributed by atoms with Crippen LogP contribution in [0, 0.1) is 11.6 Å². The highest BCUT2D eigenvalue weighted by molar-refractivity contribution is 5.23. The maximum Gasteiger partial charge on any atom is 0.162 e. The first kappa shape index (κ1) is 12.2. The van der Waals surface area contributed by atoms with Crippen LogP contribution in [0.3, 0.4) is 0 Å². The molecule has 0 fully saturated rings. The fourth-order valence-corrected chi connectivity index (χ4v) is 2.21. The van der Waals surface area contributed by atoms with Gasteiger partial charge in [0.1, 0.15) is 0 Å². The third-order valence-electron chi connectivity index (χ3n) is 3.20. The minimum atomic E-state index is -0.854. The smallest absolute Gasteiger partial charge is 0.162 e. The van der Waals surface area contributed by atoms with Gasteiger partial charge in [-0.15, -0.1) is 0 Å². The molecule has 0 aliphatic heterocycles. The monoisotopic (exact) mass is 238 g/mol. The molecule has 0 saturated carbocycles. The minimum absolute atomic E-state index is 0.148. The zero-order chi connectivity index (χ0) is 12.3. The molecule has 3 heteroatoms. The van der Waals surface area contributed by atoms with E-state index in [1.54, 1.807) is 0 Å². The molecule has 1 N–H and O–H groups in total. The molecule has 0 saturated heterocycles. The highest BCUT2D eigenvalue weighted by Crippen LogP contribution is 2.23. The highest BCUT2D eigenvalue weighted by atomic mass is 19.2. The summed E-state index contributed by atoms with van der Waals surface area (Å²) >= 11 is 0. The Morgan fingerprint density at radius 2 is 2.06 bits per heavy atom. The summed E-state index contributed by atoms with van der Waals surface area (Å²) in [4.78, 5) is 0. The SMILES string of the molecule is OC(Cc1cccc(F)c1F)C1=CCCCC1. The van der Waals surface area contributed by atoms with Crippen molar-refractivity contribution < 1.29 is 13.9 Å². The van der Waals surface area contributed by atoms with Crippen LogP contribution >= 0.6 is 0 Å². The molecular weight excluding hydrogens is 222 g/mol. The average Bonchev–Trinajstić information content (AvgIpc) is 2.36. The van der Waals surface area contributed by atoms with E-state index in [2.05, 4.69) is 0 Å². The van der Waals surface area contributed by atoms with Crippen molar-refractivity contribution in [2.24, 2.45) is 0 Å². The number of aliphatic hydroxyl groups is 1. The first-order chi connectivity index (χ1) is 8.18. The van der Waals surface area contributed by atoms with Gasteiger partial charge < -0.3 is 5.11 Å². The van der Waals surface area contributed by atoms with Gasteiger partial charge in [0.15, 0.2) is 11.6 Å². The standard InChI is InChI=1S/C14H16F2O/c15-12-8-4-7-11(14(12)16)9-13(17)10-5-2-1-3-6-10/h4-5,7-8,13,17H,1-3,6,9H2. The summed E-state index contributed by atoms with van der Waals surface area (Å²) in [6.07, 6.45) is 5.52. The Morgan fingerprint density at radius 3 is 2.76 bits per heavy atom. The van der Waals surface area contributed by atoms with Gasteiger partial charge in [0.2, 0.25) is 0 Å². The molecule has 17 heavy (non-hydrogen) atoms. The summed E-state index contributed by atoms with van der Waals surface area (Å²) in [5, 5.41) is 9.99. The lowest BCUT2D eigenvalue weighted by Gasteiger charge is -2.18. The van der Waals surface area contributed by atoms with Crippen LogP contribution in [0.5, 0.6) is 0 Å². The Morgan fingerprint density at radius 1 is 1.24 bits per heavy atom. The number of allylic oxidation sites excluding steroid dienone is 1. The summed E-state index contributed by atoms with van der Waals surface area (Å²) in [5.41, 5.74) is 1.20. The Hall–Kier alpha value is -1.22. The van der Waals surface area contributed by atoms with Crippen LogP contribution < -0.4 is 0 Å². The third kappa shape index (κ3) is 2.91. The Kier molecular flexibility index (Phi) is 3.89. The lowest BCUT2D eigenvalue weighted by atomic mass is 9.92. The first-order valence-electron chi connectivity index (χ1n) is 5.98. The second-order valence-corrected chi connectivity index (χ2v) is 4.46. The van der Waals surface area contributed by atoms with Crippen LogP contribution in [-0.2, 0) is 6.42 Å². The van der Waals surface area contributed by atoms with E-state index in [1.807, 2.05) is 6.08 Å². The van der Waals surface area contributed by atoms with Gasteiger partial charge >= 0.3 is 0 Å². The summed E-state index contributed by atoms with van der Waals surface area (Å²) < 4.78 is 26.4. The molecule has 0 radical (unpaired) electrons. The van der Waals surface area contributed by atoms with Crippen molar-refractivity contribution in [2.45, 2.75) is 38.2 Å². The quantitative estimate of drug-likeness (QED) is 0.800. The van der Waals surface area contributed by atoms with Crippen molar-refractivity contribution in [3.05, 3.63) is 47.0 Å². The van der Waals surface area contributed by atoms with E-state index in [0.29, 0.717) is 0 Å². The molecule has 0 spiro atoms. The zero-order valence-corrected chi connectivity index (χ0v) is 9.63. The number of hydrogen-bond acceptors (Lipinski definition) is 1. The second kappa shape index (κ2) is 5.41. The van der Waals surface area contributed by atoms with E-state index >= 15 is 0 Å². The van der Waals surface area contributed by atoms with Crippen LogP contribution in [0.4, 0.5) is 8.78 Å². The first-order valence-corrected chi connectivity index (χ1v) is 5.98. The molecule has 1 atom stereocenters. The van der Waals surface area contributed by atoms with E-state index < -0.39 is 17.7 Å². The van der Waals surface area contributed by atoms with Gasteiger partial charge in [0.05, 0.1) is 6.10 Å². The van der Waals surface area contributed by atoms with E-state index in [9.17, 15) is 13.9 Å². The molecule has 1 aromatic carbocycles. The predicted octanol–water partition coefficient (Wildman–Crippen LogP) is 3.37. The Balaban J connectivity index is 2.10. The fraction of sp³-hybridized carbons (Fsp3) is 0.429. The molecule has 0 aromatic heterocycles. The topological polar surface area (TPSA) is 20.2 Å². The molecule has 1 aliphatic rings. The summed E-state index contributed by atoms with van der Waals surface area (Å²) in [6, 6.07) is 4.08. The predicted molar refractivity (Wildman–Crippen MR) is 62.6 cm³/mol. The van der Waals surface area contributed by atoms with Gasteiger partial charge in [-0.3, -0.25) is 0 Å². The molecule has 92 valence electrons. The van der Waals surface area contributed by atoms with Gasteiger partial charge in [-0.2, -0.15) is 0 Å². The van der Waals surface area contributed by atoms with E-state index in [4.69, 9.17) is 0 Å². The number of rotatable bonds is 3. The van der Waals surface area contributed by atoms with Gasteiger partial charge in [0, 0.05) is 6.42 Å². The van der Waals surface area contributed by atoms with Crippen LogP contribution in [0.15, 0.2) is 29.8 Å². The Bertz CT molecular complexity index is 426. The number of halogens is 2. The van der Waals surface area contributed by atoms with Crippen molar-refractivity contribution in [3.8, 4) is 0 Å². The lowest BCUT2D eigenvalue weighted by Crippen LogP contribution is -2.16. The van der Waals surface area contributed by atoms with Gasteiger partial charge in [0.25, 0.3) is 0 Å². The fourth-order valence-electron chi connectivity index (χ4n) is 2.21. The molecule has 0 amide bonds. The summed E-state index contributed by atoms with van der Waals surface area (Å²) in [6.45, 7) is 0. The average molecular weight is 238 g/mol. The number of benzene rings is 1. The van der Waals surface area contributed by atoms with Crippen molar-refractivity contribution in [3.63, 3.8) is 0 Å². The molecule has 0 bridgehead atoms. The summed E-state index contributed by atoms with van der Waals surface area (Å²) in [7, 11) is 0. The normalized spacial score (nSPS) is 17.7. The van der Waals surface area contributed by atoms with Crippen LogP contribution in [0.1, 0.15) is 31.2 Å². The van der Waals surface area contributed by atoms with Gasteiger partial charge in [-0.25, -0.2) is 8.78 Å². The third-order valence-corrected chi connectivity index (χ3v) is 3.20. The van der Waals surface area contributed by atoms with E-state index in [0.717, 1.165) is 37.3 Å². The second-order valence-electron chi connectivity index (χ2n) is 4.46. The molecule has 1 aliphatic carbocycles. The maximum absolute atomic E-state index is 13.4. The number of hydrogen-bond donors (Lipinski definition) is 1.